The van der Waals surface area contributed by atoms with Crippen LogP contribution in [0.15, 0.2) is 12.2 Å². The van der Waals surface area contributed by atoms with Gasteiger partial charge in [0.15, 0.2) is 0 Å². The van der Waals surface area contributed by atoms with Crippen molar-refractivity contribution in [3.63, 3.8) is 0 Å². The Morgan fingerprint density at radius 2 is 1.26 bits per heavy atom. The third kappa shape index (κ3) is 17.4. The summed E-state index contributed by atoms with van der Waals surface area (Å²) in [5, 5.41) is 8.64. The van der Waals surface area contributed by atoms with Gasteiger partial charge in [0.2, 0.25) is 0 Å². The lowest BCUT2D eigenvalue weighted by atomic mass is 10.1. The lowest BCUT2D eigenvalue weighted by molar-refractivity contribution is -0.117. The molecular weight excluding hydrogens is 236 g/mol. The van der Waals surface area contributed by atoms with Crippen LogP contribution in [0.3, 0.4) is 0 Å². The number of aliphatic hydroxyl groups is 1. The van der Waals surface area contributed by atoms with Gasteiger partial charge in [-0.3, -0.25) is 0 Å². The van der Waals surface area contributed by atoms with Gasteiger partial charge in [-0.25, -0.2) is 0 Å². The smallest absolute Gasteiger partial charge is 0.129 e. The zero-order valence-corrected chi connectivity index (χ0v) is 12.7. The van der Waals surface area contributed by atoms with E-state index in [1.807, 2.05) is 0 Å². The Bertz CT molecular complexity index is 221. The predicted octanol–water partition coefficient (Wildman–Crippen LogP) is 4.81. The van der Waals surface area contributed by atoms with Crippen LogP contribution in [0, 0.1) is 0 Å². The molecule has 0 atom stereocenters. The number of ketones is 1. The maximum atomic E-state index is 10.7. The second-order valence-corrected chi connectivity index (χ2v) is 5.41. The summed E-state index contributed by atoms with van der Waals surface area (Å²) in [6.45, 7) is 2.01. The van der Waals surface area contributed by atoms with Gasteiger partial charge < -0.3 is 9.90 Å². The summed E-state index contributed by atoms with van der Waals surface area (Å²) < 4.78 is 0. The van der Waals surface area contributed by atoms with Crippen molar-refractivity contribution in [1.29, 1.82) is 0 Å². The maximum Gasteiger partial charge on any atom is 0.129 e. The molecule has 19 heavy (non-hydrogen) atoms. The average molecular weight is 268 g/mol. The molecule has 0 aliphatic rings. The molecule has 0 aliphatic heterocycles. The minimum absolute atomic E-state index is 0.323. The van der Waals surface area contributed by atoms with Crippen LogP contribution in [0.1, 0.15) is 84.0 Å². The van der Waals surface area contributed by atoms with Crippen molar-refractivity contribution in [1.82, 2.24) is 0 Å². The topological polar surface area (TPSA) is 37.3 Å². The van der Waals surface area contributed by atoms with Crippen molar-refractivity contribution >= 4 is 5.78 Å². The van der Waals surface area contributed by atoms with Crippen LogP contribution in [-0.2, 0) is 4.79 Å². The molecule has 0 spiro atoms. The molecule has 2 heteroatoms. The van der Waals surface area contributed by atoms with E-state index in [0.29, 0.717) is 12.4 Å². The number of hydrogen-bond acceptors (Lipinski definition) is 2. The summed E-state index contributed by atoms with van der Waals surface area (Å²) in [5.74, 6) is 0.323. The van der Waals surface area contributed by atoms with Crippen molar-refractivity contribution in [3.05, 3.63) is 12.2 Å². The average Bonchev–Trinajstić information content (AvgIpc) is 2.39. The minimum Gasteiger partial charge on any atom is -0.396 e. The Hall–Kier alpha value is -0.630. The maximum absolute atomic E-state index is 10.7. The van der Waals surface area contributed by atoms with E-state index in [2.05, 4.69) is 12.2 Å². The molecule has 0 aromatic heterocycles. The normalized spacial score (nSPS) is 11.3. The molecule has 0 unspecified atom stereocenters. The van der Waals surface area contributed by atoms with Crippen LogP contribution in [0.25, 0.3) is 0 Å². The number of aliphatic hydroxyl groups excluding tert-OH is 1. The molecule has 0 heterocycles. The van der Waals surface area contributed by atoms with Crippen molar-refractivity contribution in [2.75, 3.05) is 6.61 Å². The number of carbonyl (C=O) groups is 1. The van der Waals surface area contributed by atoms with Crippen molar-refractivity contribution in [2.45, 2.75) is 84.0 Å². The Balaban J connectivity index is 3.05. The summed E-state index contributed by atoms with van der Waals surface area (Å²) in [6, 6.07) is 0. The van der Waals surface area contributed by atoms with Crippen LogP contribution in [-0.4, -0.2) is 17.5 Å². The highest BCUT2D eigenvalue weighted by atomic mass is 16.2. The molecular formula is C17H32O2. The number of unbranched alkanes of at least 4 members (excludes halogenated alkanes) is 9. The zero-order valence-electron chi connectivity index (χ0n) is 12.7. The van der Waals surface area contributed by atoms with Gasteiger partial charge in [-0.2, -0.15) is 0 Å². The van der Waals surface area contributed by atoms with Crippen LogP contribution in [0.2, 0.25) is 0 Å². The molecule has 0 bridgehead atoms. The van der Waals surface area contributed by atoms with Gasteiger partial charge in [0.05, 0.1) is 0 Å². The molecule has 0 fully saturated rings. The van der Waals surface area contributed by atoms with Gasteiger partial charge in [-0.1, -0.05) is 44.3 Å². The molecule has 0 aliphatic carbocycles. The fraction of sp³-hybridized carbons (Fsp3) is 0.824. The summed E-state index contributed by atoms with van der Waals surface area (Å²) in [4.78, 5) is 10.7. The van der Waals surface area contributed by atoms with Gasteiger partial charge >= 0.3 is 0 Å². The first-order valence-electron chi connectivity index (χ1n) is 8.02. The van der Waals surface area contributed by atoms with Gasteiger partial charge in [-0.15, -0.1) is 0 Å². The van der Waals surface area contributed by atoms with E-state index in [-0.39, 0.29) is 0 Å². The van der Waals surface area contributed by atoms with Crippen molar-refractivity contribution in [3.8, 4) is 0 Å². The van der Waals surface area contributed by atoms with Gasteiger partial charge in [0.25, 0.3) is 0 Å². The van der Waals surface area contributed by atoms with Gasteiger partial charge in [0, 0.05) is 13.0 Å². The molecule has 1 N–H and O–H groups in total. The number of carbonyl (C=O) groups excluding carboxylic acids is 1. The first-order valence-corrected chi connectivity index (χ1v) is 8.02. The van der Waals surface area contributed by atoms with Crippen molar-refractivity contribution in [2.24, 2.45) is 0 Å². The Labute approximate surface area is 119 Å². The number of Topliss-reactive ketones (excluding diaryl/α,β-unsaturated/α-hetero) is 1. The summed E-state index contributed by atoms with van der Waals surface area (Å²) in [6.07, 6.45) is 18.5. The largest absolute Gasteiger partial charge is 0.396 e. The highest BCUT2D eigenvalue weighted by molar-refractivity contribution is 5.75. The fourth-order valence-corrected chi connectivity index (χ4v) is 2.13. The number of allylic oxidation sites excluding steroid dienone is 2. The van der Waals surface area contributed by atoms with Crippen LogP contribution in [0.4, 0.5) is 0 Å². The molecule has 0 radical (unpaired) electrons. The predicted molar refractivity (Wildman–Crippen MR) is 82.3 cm³/mol. The molecule has 0 aromatic carbocycles. The second-order valence-electron chi connectivity index (χ2n) is 5.41. The summed E-state index contributed by atoms with van der Waals surface area (Å²) in [7, 11) is 0. The van der Waals surface area contributed by atoms with E-state index < -0.39 is 0 Å². The molecule has 0 saturated carbocycles. The van der Waals surface area contributed by atoms with Crippen LogP contribution < -0.4 is 0 Å². The third-order valence-corrected chi connectivity index (χ3v) is 3.35. The molecule has 0 saturated heterocycles. The lowest BCUT2D eigenvalue weighted by Gasteiger charge is -1.99. The van der Waals surface area contributed by atoms with E-state index in [1.165, 1.54) is 44.9 Å². The molecule has 112 valence electrons. The van der Waals surface area contributed by atoms with E-state index >= 15 is 0 Å². The second kappa shape index (κ2) is 15.4. The number of hydrogen-bond donors (Lipinski definition) is 1. The SMILES string of the molecule is CC(=O)CCCCCCCC/C=C\CCCCCO. The first-order chi connectivity index (χ1) is 9.27. The Kier molecular flexibility index (Phi) is 14.9. The Morgan fingerprint density at radius 1 is 0.789 bits per heavy atom. The standard InChI is InChI=1S/C17H32O2/c1-17(19)15-13-11-9-7-5-3-2-4-6-8-10-12-14-16-18/h4,6,18H,2-3,5,7-16H2,1H3/b6-4-. The van der Waals surface area contributed by atoms with E-state index in [9.17, 15) is 4.79 Å². The quantitative estimate of drug-likeness (QED) is 0.363. The monoisotopic (exact) mass is 268 g/mol. The van der Waals surface area contributed by atoms with Gasteiger partial charge in [-0.05, 0) is 45.4 Å². The first kappa shape index (κ1) is 18.4. The third-order valence-electron chi connectivity index (χ3n) is 3.35. The van der Waals surface area contributed by atoms with Crippen LogP contribution in [0.5, 0.6) is 0 Å². The molecule has 0 aromatic rings. The highest BCUT2D eigenvalue weighted by Crippen LogP contribution is 2.09. The van der Waals surface area contributed by atoms with E-state index in [4.69, 9.17) is 5.11 Å². The van der Waals surface area contributed by atoms with Crippen molar-refractivity contribution < 1.29 is 9.90 Å². The highest BCUT2D eigenvalue weighted by Gasteiger charge is 1.94. The molecule has 0 amide bonds. The van der Waals surface area contributed by atoms with E-state index in [1.54, 1.807) is 6.92 Å². The summed E-state index contributed by atoms with van der Waals surface area (Å²) >= 11 is 0. The summed E-state index contributed by atoms with van der Waals surface area (Å²) in [5.41, 5.74) is 0. The van der Waals surface area contributed by atoms with Crippen LogP contribution >= 0.6 is 0 Å². The zero-order chi connectivity index (χ0) is 14.2. The fourth-order valence-electron chi connectivity index (χ4n) is 2.13. The van der Waals surface area contributed by atoms with Gasteiger partial charge in [0.1, 0.15) is 5.78 Å². The lowest BCUT2D eigenvalue weighted by Crippen LogP contribution is -1.89. The molecule has 0 rings (SSSR count). The molecule has 2 nitrogen and oxygen atoms in total. The Morgan fingerprint density at radius 3 is 1.79 bits per heavy atom. The minimum atomic E-state index is 0.323. The van der Waals surface area contributed by atoms with E-state index in [0.717, 1.165) is 32.1 Å². The number of rotatable bonds is 14.